The molecule has 0 rings (SSSR count). The molecular formula is C3H11NOS. The van der Waals surface area contributed by atoms with Crippen molar-refractivity contribution in [3.05, 3.63) is 0 Å². The summed E-state index contributed by atoms with van der Waals surface area (Å²) < 4.78 is 13.1. The van der Waals surface area contributed by atoms with Crippen molar-refractivity contribution in [3.63, 3.8) is 0 Å². The molecule has 0 unspecified atom stereocenters. The molecule has 0 atom stereocenters. The van der Waals surface area contributed by atoms with E-state index in [4.69, 9.17) is 0 Å². The van der Waals surface area contributed by atoms with E-state index in [9.17, 15) is 4.21 Å². The molecule has 40 valence electrons. The van der Waals surface area contributed by atoms with Gasteiger partial charge in [0.25, 0.3) is 0 Å². The highest BCUT2D eigenvalue weighted by molar-refractivity contribution is 7.99. The van der Waals surface area contributed by atoms with Crippen molar-refractivity contribution in [3.8, 4) is 0 Å². The zero-order valence-electron chi connectivity index (χ0n) is 4.36. The molecule has 6 heavy (non-hydrogen) atoms. The Hall–Kier alpha value is 0.110. The molecule has 0 saturated carbocycles. The lowest BCUT2D eigenvalue weighted by Crippen LogP contribution is -2.23. The maximum atomic E-state index is 10.5. The highest BCUT2D eigenvalue weighted by Crippen LogP contribution is 1.76. The molecule has 0 aliphatic rings. The Balaban J connectivity index is 3.48. The summed E-state index contributed by atoms with van der Waals surface area (Å²) in [5.74, 6) is 0. The van der Waals surface area contributed by atoms with Crippen LogP contribution in [0.3, 0.4) is 0 Å². The fourth-order valence-corrected chi connectivity index (χ4v) is 0. The van der Waals surface area contributed by atoms with Gasteiger partial charge in [0.2, 0.25) is 0 Å². The van der Waals surface area contributed by atoms with Gasteiger partial charge in [0.05, 0.1) is 0 Å². The Bertz CT molecular complexity index is 74.9. The van der Waals surface area contributed by atoms with Crippen molar-refractivity contribution in [1.29, 1.82) is 0 Å². The fraction of sp³-hybridized carbons (Fsp3) is 1.00. The molecule has 0 aliphatic heterocycles. The van der Waals surface area contributed by atoms with Gasteiger partial charge < -0.3 is 0 Å². The van der Waals surface area contributed by atoms with Crippen molar-refractivity contribution < 1.29 is 4.21 Å². The van der Waals surface area contributed by atoms with Crippen molar-refractivity contribution in [2.45, 2.75) is 0 Å². The first-order valence-electron chi connectivity index (χ1n) is 1.80. The van der Waals surface area contributed by atoms with Crippen LogP contribution in [0.5, 0.6) is 0 Å². The molecule has 0 amide bonds. The summed E-state index contributed by atoms with van der Waals surface area (Å²) in [6.45, 7) is 0. The van der Waals surface area contributed by atoms with Gasteiger partial charge in [-0.05, 0) is 7.05 Å². The van der Waals surface area contributed by atoms with Gasteiger partial charge in [0.1, 0.15) is 0 Å². The highest BCUT2D eigenvalue weighted by Gasteiger charge is 1.87. The first-order valence-corrected chi connectivity index (χ1v) is 4.40. The topological polar surface area (TPSA) is 29.1 Å². The maximum absolute atomic E-state index is 10.5. The van der Waals surface area contributed by atoms with Gasteiger partial charge in [0.15, 0.2) is 0 Å². The second-order valence-electron chi connectivity index (χ2n) is 1.57. The Morgan fingerprint density at radius 1 is 1.50 bits per heavy atom. The Morgan fingerprint density at radius 2 is 1.67 bits per heavy atom. The van der Waals surface area contributed by atoms with Crippen LogP contribution < -0.4 is 4.72 Å². The van der Waals surface area contributed by atoms with Crippen LogP contribution in [0.1, 0.15) is 0 Å². The van der Waals surface area contributed by atoms with Crippen LogP contribution in [-0.2, 0) is 10.1 Å². The van der Waals surface area contributed by atoms with E-state index in [-0.39, 0.29) is 0 Å². The molecule has 3 heteroatoms. The fourth-order valence-electron chi connectivity index (χ4n) is 0. The van der Waals surface area contributed by atoms with Crippen LogP contribution in [0.4, 0.5) is 0 Å². The molecular weight excluding hydrogens is 98.1 g/mol. The van der Waals surface area contributed by atoms with E-state index in [0.717, 1.165) is 0 Å². The molecule has 0 spiro atoms. The van der Waals surface area contributed by atoms with E-state index in [1.165, 1.54) is 0 Å². The van der Waals surface area contributed by atoms with Crippen molar-refractivity contribution in [2.24, 2.45) is 0 Å². The standard InChI is InChI=1S/C3H11NOS/c1-4-6(2,3)5/h6H,1-3H3,(H,4,5). The Morgan fingerprint density at radius 3 is 1.67 bits per heavy atom. The van der Waals surface area contributed by atoms with Gasteiger partial charge >= 0.3 is 0 Å². The van der Waals surface area contributed by atoms with E-state index in [0.29, 0.717) is 0 Å². The highest BCUT2D eigenvalue weighted by atomic mass is 32.3. The average Bonchev–Trinajstić information content (AvgIpc) is 1.35. The summed E-state index contributed by atoms with van der Waals surface area (Å²) in [5, 5.41) is 0. The van der Waals surface area contributed by atoms with Crippen molar-refractivity contribution in [2.75, 3.05) is 19.6 Å². The van der Waals surface area contributed by atoms with Crippen LogP contribution in [0, 0.1) is 0 Å². The normalized spacial score (nSPS) is 14.5. The smallest absolute Gasteiger partial charge is 0.000987 e. The van der Waals surface area contributed by atoms with Crippen LogP contribution in [-0.4, -0.2) is 23.8 Å². The summed E-state index contributed by atoms with van der Waals surface area (Å²) in [4.78, 5) is 0. The second kappa shape index (κ2) is 1.71. The number of nitrogens with one attached hydrogen (secondary N) is 1. The Kier molecular flexibility index (Phi) is 1.74. The quantitative estimate of drug-likeness (QED) is 0.432. The van der Waals surface area contributed by atoms with Crippen LogP contribution >= 0.6 is 0 Å². The predicted molar refractivity (Wildman–Crippen MR) is 30.4 cm³/mol. The molecule has 0 fully saturated rings. The molecule has 0 bridgehead atoms. The third-order valence-electron chi connectivity index (χ3n) is 0.539. The molecule has 0 saturated heterocycles. The van der Waals surface area contributed by atoms with Gasteiger partial charge in [-0.2, -0.15) is 0 Å². The largest absolute Gasteiger partial charge is 0.272 e. The summed E-state index contributed by atoms with van der Waals surface area (Å²) in [6, 6.07) is 0. The number of hydrogen-bond donors (Lipinski definition) is 2. The monoisotopic (exact) mass is 109 g/mol. The van der Waals surface area contributed by atoms with Crippen LogP contribution in [0.15, 0.2) is 0 Å². The lowest BCUT2D eigenvalue weighted by atomic mass is 11.6. The van der Waals surface area contributed by atoms with E-state index in [1.54, 1.807) is 19.6 Å². The van der Waals surface area contributed by atoms with E-state index >= 15 is 0 Å². The number of hydrogen-bond acceptors (Lipinski definition) is 1. The number of thiol groups is 1. The minimum Gasteiger partial charge on any atom is -0.272 e. The lowest BCUT2D eigenvalue weighted by Gasteiger charge is -2.07. The molecule has 1 N–H and O–H groups in total. The van der Waals surface area contributed by atoms with Crippen LogP contribution in [0.2, 0.25) is 0 Å². The Labute approximate surface area is 39.5 Å². The van der Waals surface area contributed by atoms with Gasteiger partial charge in [-0.15, -0.1) is 0 Å². The zero-order valence-corrected chi connectivity index (χ0v) is 5.25. The lowest BCUT2D eigenvalue weighted by molar-refractivity contribution is 0.673. The molecule has 0 heterocycles. The molecule has 0 radical (unpaired) electrons. The van der Waals surface area contributed by atoms with Gasteiger partial charge in [-0.3, -0.25) is 8.93 Å². The van der Waals surface area contributed by atoms with Crippen LogP contribution in [0.25, 0.3) is 0 Å². The minimum atomic E-state index is -1.90. The van der Waals surface area contributed by atoms with Crippen molar-refractivity contribution in [1.82, 2.24) is 4.72 Å². The summed E-state index contributed by atoms with van der Waals surface area (Å²) in [6.07, 6.45) is 3.38. The molecule has 2 nitrogen and oxygen atoms in total. The number of rotatable bonds is 1. The first kappa shape index (κ1) is 6.11. The van der Waals surface area contributed by atoms with Gasteiger partial charge in [-0.25, -0.2) is 0 Å². The summed E-state index contributed by atoms with van der Waals surface area (Å²) >= 11 is 0. The average molecular weight is 109 g/mol. The third kappa shape index (κ3) is 4.11. The molecule has 0 aromatic rings. The maximum Gasteiger partial charge on any atom is 0.000987 e. The van der Waals surface area contributed by atoms with Gasteiger partial charge in [0, 0.05) is 12.5 Å². The van der Waals surface area contributed by atoms with E-state index < -0.39 is 10.1 Å². The predicted octanol–water partition coefficient (Wildman–Crippen LogP) is -0.603. The second-order valence-corrected chi connectivity index (χ2v) is 4.72. The molecule has 0 aliphatic carbocycles. The minimum absolute atomic E-state index is 1.69. The SMILES string of the molecule is CN[SH](C)(C)=O. The summed E-state index contributed by atoms with van der Waals surface area (Å²) in [7, 11) is -0.201. The molecule has 0 aromatic carbocycles. The van der Waals surface area contributed by atoms with Gasteiger partial charge in [-0.1, -0.05) is 10.1 Å². The van der Waals surface area contributed by atoms with E-state index in [1.807, 2.05) is 0 Å². The third-order valence-corrected chi connectivity index (χ3v) is 1.62. The first-order chi connectivity index (χ1) is 2.56. The van der Waals surface area contributed by atoms with E-state index in [2.05, 4.69) is 4.72 Å². The zero-order chi connectivity index (χ0) is 5.21. The summed E-state index contributed by atoms with van der Waals surface area (Å²) in [5.41, 5.74) is 0. The molecule has 0 aromatic heterocycles. The van der Waals surface area contributed by atoms with Crippen molar-refractivity contribution >= 4 is 10.1 Å².